The van der Waals surface area contributed by atoms with Gasteiger partial charge in [-0.15, -0.1) is 0 Å². The maximum Gasteiger partial charge on any atom is 0.262 e. The van der Waals surface area contributed by atoms with Crippen LogP contribution < -0.4 is 14.8 Å². The van der Waals surface area contributed by atoms with Gasteiger partial charge in [0.15, 0.2) is 0 Å². The molecule has 0 heterocycles. The van der Waals surface area contributed by atoms with E-state index in [9.17, 15) is 17.6 Å². The zero-order valence-corrected chi connectivity index (χ0v) is 14.2. The number of hydrogen-bond donors (Lipinski definition) is 2. The van der Waals surface area contributed by atoms with Crippen LogP contribution in [0.2, 0.25) is 0 Å². The molecular formula is C16H17FN2O4S. The van der Waals surface area contributed by atoms with Gasteiger partial charge in [0.25, 0.3) is 10.0 Å². The maximum atomic E-state index is 13.1. The number of hydrogen-bond acceptors (Lipinski definition) is 4. The highest BCUT2D eigenvalue weighted by Gasteiger charge is 2.18. The van der Waals surface area contributed by atoms with Gasteiger partial charge in [-0.05, 0) is 42.8 Å². The largest absolute Gasteiger partial charge is 0.495 e. The van der Waals surface area contributed by atoms with Crippen LogP contribution in [0, 0.1) is 12.7 Å². The summed E-state index contributed by atoms with van der Waals surface area (Å²) in [6, 6.07) is 7.84. The molecule has 0 aliphatic heterocycles. The van der Waals surface area contributed by atoms with E-state index in [1.54, 1.807) is 6.92 Å². The van der Waals surface area contributed by atoms with E-state index in [2.05, 4.69) is 10.0 Å². The molecule has 0 bridgehead atoms. The van der Waals surface area contributed by atoms with Crippen molar-refractivity contribution >= 4 is 27.3 Å². The summed E-state index contributed by atoms with van der Waals surface area (Å²) in [6.45, 7) is 2.93. The average Bonchev–Trinajstić information content (AvgIpc) is 2.49. The fourth-order valence-electron chi connectivity index (χ4n) is 2.08. The van der Waals surface area contributed by atoms with Gasteiger partial charge in [0, 0.05) is 13.0 Å². The van der Waals surface area contributed by atoms with Gasteiger partial charge in [0.2, 0.25) is 5.91 Å². The molecule has 0 saturated heterocycles. The summed E-state index contributed by atoms with van der Waals surface area (Å²) in [7, 11) is -2.52. The predicted octanol–water partition coefficient (Wildman–Crippen LogP) is 2.90. The van der Waals surface area contributed by atoms with Gasteiger partial charge in [-0.1, -0.05) is 0 Å². The van der Waals surface area contributed by atoms with E-state index in [4.69, 9.17) is 4.74 Å². The molecule has 128 valence electrons. The van der Waals surface area contributed by atoms with Crippen LogP contribution in [0.15, 0.2) is 41.3 Å². The number of rotatable bonds is 5. The maximum absolute atomic E-state index is 13.1. The van der Waals surface area contributed by atoms with Crippen molar-refractivity contribution in [3.05, 3.63) is 47.8 Å². The quantitative estimate of drug-likeness (QED) is 0.866. The molecule has 0 radical (unpaired) electrons. The third-order valence-corrected chi connectivity index (χ3v) is 4.59. The van der Waals surface area contributed by atoms with Gasteiger partial charge in [-0.25, -0.2) is 12.8 Å². The number of methoxy groups -OCH3 is 1. The van der Waals surface area contributed by atoms with E-state index in [-0.39, 0.29) is 22.2 Å². The number of aryl methyl sites for hydroxylation is 1. The van der Waals surface area contributed by atoms with Crippen molar-refractivity contribution in [1.82, 2.24) is 0 Å². The second kappa shape index (κ2) is 6.88. The third-order valence-electron chi connectivity index (χ3n) is 3.23. The van der Waals surface area contributed by atoms with Crippen LogP contribution in [0.4, 0.5) is 15.8 Å². The molecule has 0 saturated carbocycles. The molecule has 2 N–H and O–H groups in total. The number of sulfonamides is 1. The Labute approximate surface area is 139 Å². The Morgan fingerprint density at radius 2 is 1.79 bits per heavy atom. The summed E-state index contributed by atoms with van der Waals surface area (Å²) in [5.41, 5.74) is 1.10. The van der Waals surface area contributed by atoms with E-state index < -0.39 is 15.8 Å². The first-order valence-corrected chi connectivity index (χ1v) is 8.46. The summed E-state index contributed by atoms with van der Waals surface area (Å²) < 4.78 is 45.6. The van der Waals surface area contributed by atoms with E-state index in [0.29, 0.717) is 11.3 Å². The average molecular weight is 352 g/mol. The second-order valence-corrected chi connectivity index (χ2v) is 6.79. The lowest BCUT2D eigenvalue weighted by Crippen LogP contribution is -2.14. The number of anilines is 2. The molecule has 0 spiro atoms. The Balaban J connectivity index is 2.36. The molecule has 2 aromatic rings. The van der Waals surface area contributed by atoms with Crippen molar-refractivity contribution < 1.29 is 22.3 Å². The lowest BCUT2D eigenvalue weighted by Gasteiger charge is -2.13. The number of amides is 1. The number of halogens is 1. The Morgan fingerprint density at radius 1 is 1.12 bits per heavy atom. The molecule has 0 aliphatic rings. The van der Waals surface area contributed by atoms with Crippen LogP contribution in [0.3, 0.4) is 0 Å². The second-order valence-electron chi connectivity index (χ2n) is 5.11. The number of benzene rings is 2. The van der Waals surface area contributed by atoms with Crippen LogP contribution in [-0.4, -0.2) is 21.4 Å². The Bertz CT molecular complexity index is 882. The van der Waals surface area contributed by atoms with Crippen molar-refractivity contribution in [2.75, 3.05) is 17.1 Å². The summed E-state index contributed by atoms with van der Waals surface area (Å²) >= 11 is 0. The highest BCUT2D eigenvalue weighted by Crippen LogP contribution is 2.29. The van der Waals surface area contributed by atoms with Gasteiger partial charge in [0.05, 0.1) is 23.4 Å². The molecule has 1 amide bonds. The van der Waals surface area contributed by atoms with E-state index in [0.717, 1.165) is 0 Å². The predicted molar refractivity (Wildman–Crippen MR) is 89.2 cm³/mol. The lowest BCUT2D eigenvalue weighted by molar-refractivity contribution is -0.114. The molecule has 8 heteroatoms. The smallest absolute Gasteiger partial charge is 0.262 e. The number of ether oxygens (including phenoxy) is 1. The molecule has 0 aliphatic carbocycles. The van der Waals surface area contributed by atoms with Crippen molar-refractivity contribution in [1.29, 1.82) is 0 Å². The van der Waals surface area contributed by atoms with Gasteiger partial charge in [0.1, 0.15) is 11.6 Å². The summed E-state index contributed by atoms with van der Waals surface area (Å²) in [5, 5.41) is 2.55. The zero-order valence-electron chi connectivity index (χ0n) is 13.4. The van der Waals surface area contributed by atoms with Crippen molar-refractivity contribution in [2.45, 2.75) is 18.7 Å². The van der Waals surface area contributed by atoms with Crippen LogP contribution >= 0.6 is 0 Å². The normalized spacial score (nSPS) is 11.0. The van der Waals surface area contributed by atoms with Crippen LogP contribution in [0.25, 0.3) is 0 Å². The zero-order chi connectivity index (χ0) is 17.9. The fraction of sp³-hybridized carbons (Fsp3) is 0.188. The Hall–Kier alpha value is -2.61. The minimum Gasteiger partial charge on any atom is -0.495 e. The van der Waals surface area contributed by atoms with Gasteiger partial charge < -0.3 is 10.1 Å². The molecule has 2 aromatic carbocycles. The SMILES string of the molecule is COc1cc(S(=O)(=O)Nc2ccc(F)cc2C)ccc1NC(C)=O. The molecule has 24 heavy (non-hydrogen) atoms. The van der Waals surface area contributed by atoms with Crippen LogP contribution in [0.1, 0.15) is 12.5 Å². The fourth-order valence-corrected chi connectivity index (χ4v) is 3.22. The summed E-state index contributed by atoms with van der Waals surface area (Å²) in [5.74, 6) is -0.537. The van der Waals surface area contributed by atoms with Gasteiger partial charge >= 0.3 is 0 Å². The molecule has 0 aromatic heterocycles. The molecule has 0 unspecified atom stereocenters. The van der Waals surface area contributed by atoms with Gasteiger partial charge in [-0.2, -0.15) is 0 Å². The molecule has 2 rings (SSSR count). The highest BCUT2D eigenvalue weighted by molar-refractivity contribution is 7.92. The first-order chi connectivity index (χ1) is 11.2. The Kier molecular flexibility index (Phi) is 5.08. The molecule has 0 fully saturated rings. The first-order valence-electron chi connectivity index (χ1n) is 6.97. The first kappa shape index (κ1) is 17.7. The van der Waals surface area contributed by atoms with Crippen LogP contribution in [-0.2, 0) is 14.8 Å². The summed E-state index contributed by atoms with van der Waals surface area (Å²) in [6.07, 6.45) is 0. The minimum absolute atomic E-state index is 0.0443. The molecular weight excluding hydrogens is 335 g/mol. The minimum atomic E-state index is -3.89. The summed E-state index contributed by atoms with van der Waals surface area (Å²) in [4.78, 5) is 11.1. The molecule has 6 nitrogen and oxygen atoms in total. The van der Waals surface area contributed by atoms with E-state index in [1.807, 2.05) is 0 Å². The standard InChI is InChI=1S/C16H17FN2O4S/c1-10-8-12(17)4-6-14(10)19-24(21,22)13-5-7-15(18-11(2)20)16(9-13)23-3/h4-9,19H,1-3H3,(H,18,20). The van der Waals surface area contributed by atoms with Crippen molar-refractivity contribution in [2.24, 2.45) is 0 Å². The number of nitrogens with one attached hydrogen (secondary N) is 2. The monoisotopic (exact) mass is 352 g/mol. The van der Waals surface area contributed by atoms with E-state index >= 15 is 0 Å². The molecule has 0 atom stereocenters. The van der Waals surface area contributed by atoms with Crippen molar-refractivity contribution in [3.63, 3.8) is 0 Å². The van der Waals surface area contributed by atoms with Crippen molar-refractivity contribution in [3.8, 4) is 5.75 Å². The van der Waals surface area contributed by atoms with Crippen LogP contribution in [0.5, 0.6) is 5.75 Å². The lowest BCUT2D eigenvalue weighted by atomic mass is 10.2. The third kappa shape index (κ3) is 4.02. The Morgan fingerprint density at radius 3 is 2.38 bits per heavy atom. The highest BCUT2D eigenvalue weighted by atomic mass is 32.2. The van der Waals surface area contributed by atoms with E-state index in [1.165, 1.54) is 50.4 Å². The number of carbonyl (C=O) groups excluding carboxylic acids is 1. The number of carbonyl (C=O) groups is 1. The van der Waals surface area contributed by atoms with Gasteiger partial charge in [-0.3, -0.25) is 9.52 Å². The topological polar surface area (TPSA) is 84.5 Å².